The van der Waals surface area contributed by atoms with E-state index in [1.807, 2.05) is 42.5 Å². The van der Waals surface area contributed by atoms with Crippen molar-refractivity contribution >= 4 is 5.57 Å². The number of nitrogens with one attached hydrogen (secondary N) is 1. The summed E-state index contributed by atoms with van der Waals surface area (Å²) in [6.07, 6.45) is 11.0. The molecule has 184 valence electrons. The number of pyridine rings is 1. The Morgan fingerprint density at radius 3 is 2.44 bits per heavy atom. The minimum atomic E-state index is 0.260. The monoisotopic (exact) mass is 481 g/mol. The van der Waals surface area contributed by atoms with Gasteiger partial charge in [-0.05, 0) is 41.2 Å². The fourth-order valence-corrected chi connectivity index (χ4v) is 4.23. The molecule has 0 bridgehead atoms. The summed E-state index contributed by atoms with van der Waals surface area (Å²) in [6, 6.07) is 16.0. The van der Waals surface area contributed by atoms with E-state index >= 15 is 0 Å². The van der Waals surface area contributed by atoms with Gasteiger partial charge in [-0.15, -0.1) is 0 Å². The lowest BCUT2D eigenvalue weighted by atomic mass is 9.90. The van der Waals surface area contributed by atoms with Crippen molar-refractivity contribution in [3.63, 3.8) is 0 Å². The molecule has 1 aliphatic carbocycles. The van der Waals surface area contributed by atoms with Crippen LogP contribution in [-0.4, -0.2) is 19.2 Å². The molecule has 1 heterocycles. The van der Waals surface area contributed by atoms with E-state index in [1.54, 1.807) is 26.6 Å². The molecule has 0 saturated carbocycles. The SMILES string of the molecule is COc1cc(OCc2cccc(C3=CCC(C)C=C3)c2C#N)cc(OC)c1CNCc1ccncc1. The molecule has 4 rings (SSSR count). The molecule has 6 nitrogen and oxygen atoms in total. The van der Waals surface area contributed by atoms with E-state index in [4.69, 9.17) is 14.2 Å². The van der Waals surface area contributed by atoms with Crippen molar-refractivity contribution in [2.24, 2.45) is 5.92 Å². The maximum absolute atomic E-state index is 9.94. The molecule has 36 heavy (non-hydrogen) atoms. The van der Waals surface area contributed by atoms with E-state index in [0.29, 0.717) is 41.8 Å². The summed E-state index contributed by atoms with van der Waals surface area (Å²) in [5.74, 6) is 2.48. The average Bonchev–Trinajstić information content (AvgIpc) is 2.92. The Morgan fingerprint density at radius 1 is 1.06 bits per heavy atom. The average molecular weight is 482 g/mol. The van der Waals surface area contributed by atoms with Crippen LogP contribution in [-0.2, 0) is 19.7 Å². The lowest BCUT2D eigenvalue weighted by Crippen LogP contribution is -2.14. The molecule has 1 aromatic heterocycles. The second-order valence-electron chi connectivity index (χ2n) is 8.74. The predicted molar refractivity (Wildman–Crippen MR) is 141 cm³/mol. The molecule has 0 spiro atoms. The number of ether oxygens (including phenoxy) is 3. The molecule has 2 aromatic carbocycles. The van der Waals surface area contributed by atoms with Gasteiger partial charge >= 0.3 is 0 Å². The highest BCUT2D eigenvalue weighted by Gasteiger charge is 2.16. The molecule has 0 radical (unpaired) electrons. The van der Waals surface area contributed by atoms with Gasteiger partial charge in [-0.25, -0.2) is 0 Å². The van der Waals surface area contributed by atoms with Gasteiger partial charge in [0, 0.05) is 43.2 Å². The van der Waals surface area contributed by atoms with Crippen molar-refractivity contribution in [2.45, 2.75) is 33.0 Å². The van der Waals surface area contributed by atoms with Gasteiger partial charge in [-0.2, -0.15) is 5.26 Å². The molecular formula is C30H31N3O3. The van der Waals surface area contributed by atoms with Gasteiger partial charge in [0.2, 0.25) is 0 Å². The first-order valence-corrected chi connectivity index (χ1v) is 12.0. The largest absolute Gasteiger partial charge is 0.496 e. The van der Waals surface area contributed by atoms with Gasteiger partial charge in [-0.3, -0.25) is 4.98 Å². The lowest BCUT2D eigenvalue weighted by molar-refractivity contribution is 0.299. The molecular weight excluding hydrogens is 450 g/mol. The second kappa shape index (κ2) is 12.1. The number of benzene rings is 2. The third kappa shape index (κ3) is 5.94. The summed E-state index contributed by atoms with van der Waals surface area (Å²) in [5, 5.41) is 13.4. The number of nitrogens with zero attached hydrogens (tertiary/aromatic N) is 2. The smallest absolute Gasteiger partial charge is 0.130 e. The van der Waals surface area contributed by atoms with E-state index < -0.39 is 0 Å². The minimum Gasteiger partial charge on any atom is -0.496 e. The van der Waals surface area contributed by atoms with E-state index in [0.717, 1.165) is 34.2 Å². The first kappa shape index (κ1) is 25.0. The van der Waals surface area contributed by atoms with Crippen LogP contribution in [0.1, 0.15) is 41.2 Å². The summed E-state index contributed by atoms with van der Waals surface area (Å²) in [7, 11) is 3.27. The number of hydrogen-bond donors (Lipinski definition) is 1. The van der Waals surface area contributed by atoms with Crippen molar-refractivity contribution in [3.8, 4) is 23.3 Å². The van der Waals surface area contributed by atoms with Crippen LogP contribution in [0.2, 0.25) is 0 Å². The maximum Gasteiger partial charge on any atom is 0.130 e. The fourth-order valence-electron chi connectivity index (χ4n) is 4.23. The van der Waals surface area contributed by atoms with E-state index in [9.17, 15) is 5.26 Å². The number of rotatable bonds is 10. The molecule has 0 amide bonds. The molecule has 3 aromatic rings. The van der Waals surface area contributed by atoms with Crippen LogP contribution < -0.4 is 19.5 Å². The lowest BCUT2D eigenvalue weighted by Gasteiger charge is -2.18. The highest BCUT2D eigenvalue weighted by atomic mass is 16.5. The standard InChI is InChI=1S/C30H31N3O3/c1-21-7-9-23(10-8-21)26-6-4-5-24(27(26)17-31)20-36-25-15-29(34-2)28(30(16-25)35-3)19-33-18-22-11-13-32-14-12-22/h4-7,9-16,21,33H,8,18-20H2,1-3H3. The van der Waals surface area contributed by atoms with Crippen LogP contribution in [0.3, 0.4) is 0 Å². The molecule has 6 heteroatoms. The van der Waals surface area contributed by atoms with Gasteiger partial charge in [-0.1, -0.05) is 43.4 Å². The Bertz CT molecular complexity index is 1270. The number of methoxy groups -OCH3 is 2. The van der Waals surface area contributed by atoms with Gasteiger partial charge in [0.1, 0.15) is 29.9 Å². The molecule has 0 fully saturated rings. The van der Waals surface area contributed by atoms with Crippen LogP contribution in [0.5, 0.6) is 17.2 Å². The van der Waals surface area contributed by atoms with Gasteiger partial charge < -0.3 is 19.5 Å². The zero-order valence-corrected chi connectivity index (χ0v) is 21.0. The Kier molecular flexibility index (Phi) is 8.38. The molecule has 1 N–H and O–H groups in total. The molecule has 0 aliphatic heterocycles. The van der Waals surface area contributed by atoms with E-state index in [-0.39, 0.29) is 6.61 Å². The highest BCUT2D eigenvalue weighted by molar-refractivity contribution is 5.79. The second-order valence-corrected chi connectivity index (χ2v) is 8.74. The first-order valence-electron chi connectivity index (χ1n) is 12.0. The number of hydrogen-bond acceptors (Lipinski definition) is 6. The van der Waals surface area contributed by atoms with E-state index in [2.05, 4.69) is 41.5 Å². The topological polar surface area (TPSA) is 76.4 Å². The predicted octanol–water partition coefficient (Wildman–Crippen LogP) is 5.82. The van der Waals surface area contributed by atoms with Crippen molar-refractivity contribution in [2.75, 3.05) is 14.2 Å². The van der Waals surface area contributed by atoms with Crippen molar-refractivity contribution in [3.05, 3.63) is 101 Å². The quantitative estimate of drug-likeness (QED) is 0.393. The Morgan fingerprint density at radius 2 is 1.81 bits per heavy atom. The number of aromatic nitrogens is 1. The Balaban J connectivity index is 1.50. The first-order chi connectivity index (χ1) is 17.6. The molecule has 1 unspecified atom stereocenters. The summed E-state index contributed by atoms with van der Waals surface area (Å²) in [4.78, 5) is 4.05. The minimum absolute atomic E-state index is 0.260. The molecule has 1 atom stereocenters. The summed E-state index contributed by atoms with van der Waals surface area (Å²) in [5.41, 5.74) is 5.55. The molecule has 1 aliphatic rings. The third-order valence-corrected chi connectivity index (χ3v) is 6.24. The van der Waals surface area contributed by atoms with Crippen LogP contribution in [0, 0.1) is 17.2 Å². The Labute approximate surface area is 212 Å². The summed E-state index contributed by atoms with van der Waals surface area (Å²) in [6.45, 7) is 3.71. The normalized spacial score (nSPS) is 14.6. The summed E-state index contributed by atoms with van der Waals surface area (Å²) < 4.78 is 17.4. The van der Waals surface area contributed by atoms with Gasteiger partial charge in [0.05, 0.1) is 25.3 Å². The zero-order chi connectivity index (χ0) is 25.3. The number of nitriles is 1. The van der Waals surface area contributed by atoms with Crippen LogP contribution >= 0.6 is 0 Å². The van der Waals surface area contributed by atoms with Crippen molar-refractivity contribution in [1.29, 1.82) is 5.26 Å². The van der Waals surface area contributed by atoms with Crippen molar-refractivity contribution in [1.82, 2.24) is 10.3 Å². The highest BCUT2D eigenvalue weighted by Crippen LogP contribution is 2.35. The summed E-state index contributed by atoms with van der Waals surface area (Å²) >= 11 is 0. The van der Waals surface area contributed by atoms with Crippen LogP contribution in [0.25, 0.3) is 5.57 Å². The molecule has 0 saturated heterocycles. The van der Waals surface area contributed by atoms with Crippen LogP contribution in [0.4, 0.5) is 0 Å². The van der Waals surface area contributed by atoms with Crippen molar-refractivity contribution < 1.29 is 14.2 Å². The third-order valence-electron chi connectivity index (χ3n) is 6.24. The van der Waals surface area contributed by atoms with E-state index in [1.165, 1.54) is 0 Å². The Hall–Kier alpha value is -4.08. The fraction of sp³-hybridized carbons (Fsp3) is 0.267. The van der Waals surface area contributed by atoms with Gasteiger partial charge in [0.15, 0.2) is 0 Å². The zero-order valence-electron chi connectivity index (χ0n) is 21.0. The maximum atomic E-state index is 9.94. The van der Waals surface area contributed by atoms with Gasteiger partial charge in [0.25, 0.3) is 0 Å². The number of allylic oxidation sites excluding steroid dienone is 4. The van der Waals surface area contributed by atoms with Crippen LogP contribution in [0.15, 0.2) is 73.1 Å².